The van der Waals surface area contributed by atoms with Crippen LogP contribution in [0.25, 0.3) is 10.9 Å². The molecule has 0 radical (unpaired) electrons. The van der Waals surface area contributed by atoms with Crippen LogP contribution in [0, 0.1) is 5.92 Å². The minimum Gasteiger partial charge on any atom is -0.508 e. The number of carboxylic acids is 1. The fourth-order valence-corrected chi connectivity index (χ4v) is 13.0. The van der Waals surface area contributed by atoms with Gasteiger partial charge in [0.05, 0.1) is 43.0 Å². The molecule has 4 heterocycles. The van der Waals surface area contributed by atoms with Crippen molar-refractivity contribution in [2.75, 3.05) is 51.3 Å². The molecular weight excluding hydrogens is 1490 g/mol. The number of nitrogens with one attached hydrogen (secondary N) is 14. The molecule has 2 aromatic heterocycles. The fourth-order valence-electron chi connectivity index (χ4n) is 13.0. The highest BCUT2D eigenvalue weighted by atomic mass is 16.4. The average Bonchev–Trinajstić information content (AvgIpc) is 1.65. The van der Waals surface area contributed by atoms with Crippen LogP contribution in [0.5, 0.6) is 5.75 Å². The largest absolute Gasteiger partial charge is 0.508 e. The number of hydrogen-bond acceptors (Lipinski definition) is 21. The summed E-state index contributed by atoms with van der Waals surface area (Å²) < 4.78 is 0. The molecule has 2 aliphatic rings. The molecule has 39 nitrogen and oxygen atoms in total. The number of hydrogen-bond donors (Lipinski definition) is 20. The Morgan fingerprint density at radius 3 is 1.85 bits per heavy atom. The van der Waals surface area contributed by atoms with Crippen molar-refractivity contribution in [2.24, 2.45) is 17.4 Å². The number of imidazole rings is 1. The highest BCUT2D eigenvalue weighted by molar-refractivity contribution is 6.11. The van der Waals surface area contributed by atoms with Crippen LogP contribution in [-0.4, -0.2) is 252 Å². The van der Waals surface area contributed by atoms with Crippen LogP contribution in [0.4, 0.5) is 5.69 Å². The number of benzene rings is 3. The van der Waals surface area contributed by atoms with Gasteiger partial charge in [-0.25, -0.2) is 4.98 Å². The zero-order valence-electron chi connectivity index (χ0n) is 63.5. The van der Waals surface area contributed by atoms with Crippen LogP contribution >= 0.6 is 0 Å². The van der Waals surface area contributed by atoms with Crippen LogP contribution in [0.1, 0.15) is 119 Å². The van der Waals surface area contributed by atoms with Crippen LogP contribution in [0.3, 0.4) is 0 Å². The molecule has 22 N–H and O–H groups in total. The highest BCUT2D eigenvalue weighted by Gasteiger charge is 2.42. The van der Waals surface area contributed by atoms with Crippen LogP contribution in [0.2, 0.25) is 0 Å². The number of aliphatic hydroxyl groups is 2. The van der Waals surface area contributed by atoms with Gasteiger partial charge in [0.2, 0.25) is 82.7 Å². The number of aliphatic hydroxyl groups excluding tert-OH is 2. The maximum absolute atomic E-state index is 14.8. The van der Waals surface area contributed by atoms with Crippen molar-refractivity contribution in [1.82, 2.24) is 83.2 Å². The number of rotatable bonds is 44. The SMILES string of the molecule is CCCC[C@H](NC(=O)[C@H](CO)NC(=O)[C@H](Cc1ccc(O)cc1)NC(=O)[C@H](CO)NC(C)=O)C(=O)N[C@@H](CCC(=O)O)C(=O)N[C@@H](Cc1c[nH]cn1)C(=O)NCC1C(=O)Nc2ccccc2C(=O)N1CC(=O)N[C@@H](Cc1c[nH]c2ccccc12)C(=O)NCC(=O)N[C@@H](CCCCN)C(=O)N1CCC[C@H]1C(=O)N[C@H](C(N)=O)C(C)C. The number of para-hydroxylation sites is 2. The maximum atomic E-state index is 14.8. The van der Waals surface area contributed by atoms with E-state index < -0.39 is 213 Å². The number of nitrogens with two attached hydrogens (primary N) is 2. The van der Waals surface area contributed by atoms with Gasteiger partial charge in [-0.2, -0.15) is 0 Å². The molecule has 5 aromatic rings. The predicted molar refractivity (Wildman–Crippen MR) is 407 cm³/mol. The second-order valence-electron chi connectivity index (χ2n) is 28.0. The van der Waals surface area contributed by atoms with E-state index in [4.69, 9.17) is 11.5 Å². The first-order valence-electron chi connectivity index (χ1n) is 37.4. The second kappa shape index (κ2) is 43.4. The van der Waals surface area contributed by atoms with Gasteiger partial charge >= 0.3 is 5.97 Å². The number of aromatic hydroxyl groups is 1. The van der Waals surface area contributed by atoms with E-state index in [0.29, 0.717) is 47.7 Å². The summed E-state index contributed by atoms with van der Waals surface area (Å²) in [6, 6.07) is 1.84. The molecule has 2 aliphatic heterocycles. The van der Waals surface area contributed by atoms with Crippen LogP contribution < -0.4 is 75.3 Å². The predicted octanol–water partition coefficient (Wildman–Crippen LogP) is -4.00. The zero-order chi connectivity index (χ0) is 83.3. The number of amides is 15. The molecule has 0 aliphatic carbocycles. The second-order valence-corrected chi connectivity index (χ2v) is 28.0. The highest BCUT2D eigenvalue weighted by Crippen LogP contribution is 2.26. The van der Waals surface area contributed by atoms with Gasteiger partial charge < -0.3 is 115 Å². The summed E-state index contributed by atoms with van der Waals surface area (Å²) >= 11 is 0. The third-order valence-electron chi connectivity index (χ3n) is 19.1. The molecule has 616 valence electrons. The van der Waals surface area contributed by atoms with Crippen molar-refractivity contribution in [3.63, 3.8) is 0 Å². The van der Waals surface area contributed by atoms with E-state index >= 15 is 0 Å². The number of anilines is 1. The first-order valence-corrected chi connectivity index (χ1v) is 37.4. The van der Waals surface area contributed by atoms with E-state index in [1.165, 1.54) is 66.0 Å². The molecule has 1 fully saturated rings. The fraction of sp³-hybridized carbons (Fsp3) is 0.480. The number of aromatic amines is 2. The smallest absolute Gasteiger partial charge is 0.303 e. The minimum atomic E-state index is -1.83. The molecule has 1 saturated heterocycles. The number of carboxylic acid groups (broad SMARTS) is 1. The van der Waals surface area contributed by atoms with Gasteiger partial charge in [-0.05, 0) is 98.9 Å². The maximum Gasteiger partial charge on any atom is 0.303 e. The summed E-state index contributed by atoms with van der Waals surface area (Å²) in [4.78, 5) is 234. The molecule has 114 heavy (non-hydrogen) atoms. The summed E-state index contributed by atoms with van der Waals surface area (Å²) in [5.74, 6) is -15.7. The monoisotopic (exact) mass is 1590 g/mol. The van der Waals surface area contributed by atoms with Gasteiger partial charge in [-0.1, -0.05) is 76.1 Å². The van der Waals surface area contributed by atoms with Gasteiger partial charge in [-0.15, -0.1) is 0 Å². The molecule has 0 bridgehead atoms. The number of fused-ring (bicyclic) bond motifs is 2. The van der Waals surface area contributed by atoms with Crippen molar-refractivity contribution < 1.29 is 97.1 Å². The number of carbonyl (C=O) groups is 16. The van der Waals surface area contributed by atoms with E-state index in [1.54, 1.807) is 51.2 Å². The number of phenols is 1. The molecule has 0 spiro atoms. The van der Waals surface area contributed by atoms with E-state index in [0.717, 1.165) is 11.8 Å². The summed E-state index contributed by atoms with van der Waals surface area (Å²) in [5.41, 5.74) is 13.0. The van der Waals surface area contributed by atoms with E-state index in [-0.39, 0.29) is 80.2 Å². The summed E-state index contributed by atoms with van der Waals surface area (Å²) in [6.07, 6.45) is 4.11. The van der Waals surface area contributed by atoms with Gasteiger partial charge in [0.1, 0.15) is 78.8 Å². The van der Waals surface area contributed by atoms with E-state index in [2.05, 4.69) is 78.8 Å². The van der Waals surface area contributed by atoms with Gasteiger partial charge in [0.15, 0.2) is 0 Å². The van der Waals surface area contributed by atoms with Crippen LogP contribution in [-0.2, 0) is 91.2 Å². The lowest BCUT2D eigenvalue weighted by atomic mass is 10.0. The molecular formula is C75H101N19O20. The quantitative estimate of drug-likeness (QED) is 0.0165. The van der Waals surface area contributed by atoms with Crippen molar-refractivity contribution in [3.8, 4) is 5.75 Å². The Morgan fingerprint density at radius 1 is 0.632 bits per heavy atom. The first kappa shape index (κ1) is 88.8. The summed E-state index contributed by atoms with van der Waals surface area (Å²) in [7, 11) is 0. The standard InChI is InChI=1S/C75H101N19O20/c1-5-6-16-50(87-71(110)57(38-96)91-69(108)53(29-42-21-23-45(98)24-22-42)89-70(109)56(37-95)83-41(4)97)67(106)88-51(25-26-62(101)102)68(107)90-55(31-44-33-78-39-82-44)66(105)80-34-59-73(112)86-49-18-10-8-15-47(49)74(113)94(59)36-61(100)85-54(30-43-32-79-48-17-9-7-14-46(43)48)65(104)81-35-60(99)84-52(19-11-12-27-76)75(114)93-28-13-20-58(93)72(111)92-63(40(2)3)64(77)103/h7-10,14-15,17-18,21-24,32-33,39-40,50-59,63,79,95-96,98H,5-6,11-13,16,19-20,25-31,34-38,76H2,1-4H3,(H2,77,103)(H,78,82)(H,80,105)(H,81,104)(H,83,97)(H,84,99)(H,85,100)(H,86,112)(H,87,110)(H,88,106)(H,89,109)(H,90,107)(H,91,108)(H,92,111)(H,101,102)/t50-,51-,52-,53-,54-,55-,56-,57-,58-,59?,63-/m0/s1. The molecule has 15 amide bonds. The summed E-state index contributed by atoms with van der Waals surface area (Å²) in [5, 5.41) is 70.8. The Kier molecular flexibility index (Phi) is 33.8. The molecule has 7 rings (SSSR count). The van der Waals surface area contributed by atoms with E-state index in [9.17, 15) is 97.1 Å². The normalized spacial score (nSPS) is 16.2. The lowest BCUT2D eigenvalue weighted by Crippen LogP contribution is -2.61. The zero-order valence-corrected chi connectivity index (χ0v) is 63.5. The number of nitrogens with zero attached hydrogens (tertiary/aromatic N) is 3. The van der Waals surface area contributed by atoms with Gasteiger partial charge in [-0.3, -0.25) is 76.7 Å². The molecule has 1 unspecified atom stereocenters. The average molecular weight is 1590 g/mol. The number of phenolic OH excluding ortho intramolecular Hbond substituents is 1. The molecule has 0 saturated carbocycles. The number of carbonyl (C=O) groups excluding carboxylic acids is 15. The van der Waals surface area contributed by atoms with Gasteiger partial charge in [0.25, 0.3) is 5.91 Å². The summed E-state index contributed by atoms with van der Waals surface area (Å²) in [6.45, 7) is 2.19. The number of aliphatic carboxylic acids is 1. The Balaban J connectivity index is 1.08. The third kappa shape index (κ3) is 25.8. The van der Waals surface area contributed by atoms with Crippen molar-refractivity contribution in [2.45, 2.75) is 178 Å². The van der Waals surface area contributed by atoms with Crippen molar-refractivity contribution in [3.05, 3.63) is 114 Å². The van der Waals surface area contributed by atoms with Crippen molar-refractivity contribution in [1.29, 1.82) is 0 Å². The van der Waals surface area contributed by atoms with Crippen LogP contribution in [0.15, 0.2) is 91.5 Å². The van der Waals surface area contributed by atoms with E-state index in [1.807, 2.05) is 0 Å². The topological polar surface area (TPSA) is 601 Å². The number of unbranched alkanes of at least 4 members (excludes halogenated alkanes) is 2. The third-order valence-corrected chi connectivity index (χ3v) is 19.1. The number of aromatic nitrogens is 3. The minimum absolute atomic E-state index is 0.0128. The Bertz CT molecular complexity index is 4250. The first-order chi connectivity index (χ1) is 54.4. The lowest BCUT2D eigenvalue weighted by molar-refractivity contribution is -0.142. The molecule has 11 atom stereocenters. The Hall–Kier alpha value is -12.4. The number of primary amides is 1. The molecule has 3 aromatic carbocycles. The number of H-pyrrole nitrogens is 2. The van der Waals surface area contributed by atoms with Gasteiger partial charge in [0, 0.05) is 69.0 Å². The number of likely N-dealkylation sites (tertiary alicyclic amines) is 1. The molecule has 39 heteroatoms. The van der Waals surface area contributed by atoms with Crippen molar-refractivity contribution >= 4 is 111 Å². The Morgan fingerprint density at radius 2 is 1.22 bits per heavy atom. The lowest BCUT2D eigenvalue weighted by Gasteiger charge is -2.30. The Labute approximate surface area is 654 Å².